The van der Waals surface area contributed by atoms with E-state index in [-0.39, 0.29) is 17.9 Å². The van der Waals surface area contributed by atoms with Gasteiger partial charge in [-0.15, -0.1) is 0 Å². The van der Waals surface area contributed by atoms with Gasteiger partial charge >= 0.3 is 0 Å². The van der Waals surface area contributed by atoms with Crippen molar-refractivity contribution < 1.29 is 18.6 Å². The molecule has 1 aliphatic rings. The van der Waals surface area contributed by atoms with E-state index in [2.05, 4.69) is 24.2 Å². The molecule has 1 amide bonds. The molecular weight excluding hydrogens is 358 g/mol. The minimum Gasteiger partial charge on any atom is -0.497 e. The maximum absolute atomic E-state index is 13.0. The second kappa shape index (κ2) is 7.50. The van der Waals surface area contributed by atoms with Gasteiger partial charge in [0, 0.05) is 24.2 Å². The standard InChI is InChI=1S/C21H23N3O4/c1-13(2)16-11-20(28-22-16)18-5-4-10-24(18)21(25)17-12-19(27-23-17)14-6-8-15(26-3)9-7-14/h6-9,11-13,18H,4-5,10H2,1-3H3. The smallest absolute Gasteiger partial charge is 0.276 e. The van der Waals surface area contributed by atoms with Gasteiger partial charge in [0.1, 0.15) is 5.75 Å². The lowest BCUT2D eigenvalue weighted by atomic mass is 10.1. The summed E-state index contributed by atoms with van der Waals surface area (Å²) < 4.78 is 16.1. The molecule has 1 fully saturated rings. The zero-order valence-electron chi connectivity index (χ0n) is 16.2. The summed E-state index contributed by atoms with van der Waals surface area (Å²) >= 11 is 0. The van der Waals surface area contributed by atoms with Crippen molar-refractivity contribution in [3.63, 3.8) is 0 Å². The quantitative estimate of drug-likeness (QED) is 0.650. The molecule has 1 unspecified atom stereocenters. The summed E-state index contributed by atoms with van der Waals surface area (Å²) in [6, 6.07) is 10.9. The molecule has 1 saturated heterocycles. The van der Waals surface area contributed by atoms with E-state index < -0.39 is 0 Å². The van der Waals surface area contributed by atoms with Gasteiger partial charge in [-0.25, -0.2) is 0 Å². The fraction of sp³-hybridized carbons (Fsp3) is 0.381. The average Bonchev–Trinajstić information content (AvgIpc) is 3.47. The number of hydrogen-bond acceptors (Lipinski definition) is 6. The molecule has 0 bridgehead atoms. The third-order valence-electron chi connectivity index (χ3n) is 5.08. The Morgan fingerprint density at radius 1 is 1.18 bits per heavy atom. The maximum Gasteiger partial charge on any atom is 0.276 e. The summed E-state index contributed by atoms with van der Waals surface area (Å²) in [6.07, 6.45) is 1.76. The third kappa shape index (κ3) is 3.40. The van der Waals surface area contributed by atoms with Gasteiger partial charge in [-0.2, -0.15) is 0 Å². The molecule has 7 heteroatoms. The predicted molar refractivity (Wildman–Crippen MR) is 102 cm³/mol. The van der Waals surface area contributed by atoms with Gasteiger partial charge < -0.3 is 18.7 Å². The second-order valence-electron chi connectivity index (χ2n) is 7.27. The van der Waals surface area contributed by atoms with Crippen LogP contribution in [0.4, 0.5) is 0 Å². The second-order valence-corrected chi connectivity index (χ2v) is 7.27. The Bertz CT molecular complexity index is 958. The lowest BCUT2D eigenvalue weighted by molar-refractivity contribution is 0.0704. The zero-order chi connectivity index (χ0) is 19.7. The molecule has 0 N–H and O–H groups in total. The number of methoxy groups -OCH3 is 1. The van der Waals surface area contributed by atoms with Crippen LogP contribution in [0, 0.1) is 0 Å². The Balaban J connectivity index is 1.54. The molecule has 28 heavy (non-hydrogen) atoms. The first-order valence-corrected chi connectivity index (χ1v) is 9.45. The zero-order valence-corrected chi connectivity index (χ0v) is 16.2. The third-order valence-corrected chi connectivity index (χ3v) is 5.08. The summed E-state index contributed by atoms with van der Waals surface area (Å²) in [6.45, 7) is 4.79. The normalized spacial score (nSPS) is 16.7. The Hall–Kier alpha value is -3.09. The molecular formula is C21H23N3O4. The van der Waals surface area contributed by atoms with Crippen LogP contribution in [0.15, 0.2) is 45.4 Å². The Kier molecular flexibility index (Phi) is 4.90. The minimum absolute atomic E-state index is 0.117. The fourth-order valence-electron chi connectivity index (χ4n) is 3.45. The van der Waals surface area contributed by atoms with Crippen molar-refractivity contribution >= 4 is 5.91 Å². The number of amides is 1. The molecule has 0 radical (unpaired) electrons. The number of hydrogen-bond donors (Lipinski definition) is 0. The number of ether oxygens (including phenoxy) is 1. The molecule has 1 aliphatic heterocycles. The van der Waals surface area contributed by atoms with Gasteiger partial charge in [0.15, 0.2) is 17.2 Å². The largest absolute Gasteiger partial charge is 0.497 e. The molecule has 1 atom stereocenters. The number of nitrogens with zero attached hydrogens (tertiary/aromatic N) is 3. The minimum atomic E-state index is -0.159. The molecule has 3 aromatic rings. The highest BCUT2D eigenvalue weighted by Gasteiger charge is 2.34. The lowest BCUT2D eigenvalue weighted by Crippen LogP contribution is -2.30. The van der Waals surface area contributed by atoms with Gasteiger partial charge in [-0.1, -0.05) is 24.2 Å². The molecule has 0 spiro atoms. The summed E-state index contributed by atoms with van der Waals surface area (Å²) in [5.74, 6) is 2.16. The number of likely N-dealkylation sites (tertiary alicyclic amines) is 1. The highest BCUT2D eigenvalue weighted by Crippen LogP contribution is 2.34. The Morgan fingerprint density at radius 2 is 1.96 bits per heavy atom. The van der Waals surface area contributed by atoms with Crippen LogP contribution >= 0.6 is 0 Å². The SMILES string of the molecule is COc1ccc(-c2cc(C(=O)N3CCCC3c3cc(C(C)C)no3)no2)cc1. The topological polar surface area (TPSA) is 81.6 Å². The summed E-state index contributed by atoms with van der Waals surface area (Å²) in [5.41, 5.74) is 2.03. The molecule has 0 aliphatic carbocycles. The van der Waals surface area contributed by atoms with E-state index in [0.717, 1.165) is 35.6 Å². The lowest BCUT2D eigenvalue weighted by Gasteiger charge is -2.21. The van der Waals surface area contributed by atoms with E-state index in [1.165, 1.54) is 0 Å². The van der Waals surface area contributed by atoms with Crippen LogP contribution in [0.5, 0.6) is 5.75 Å². The van der Waals surface area contributed by atoms with E-state index in [9.17, 15) is 4.79 Å². The van der Waals surface area contributed by atoms with Crippen molar-refractivity contribution in [1.29, 1.82) is 0 Å². The monoisotopic (exact) mass is 381 g/mol. The van der Waals surface area contributed by atoms with E-state index >= 15 is 0 Å². The molecule has 7 nitrogen and oxygen atoms in total. The Morgan fingerprint density at radius 3 is 2.64 bits per heavy atom. The number of rotatable bonds is 5. The summed E-state index contributed by atoms with van der Waals surface area (Å²) in [5, 5.41) is 8.12. The van der Waals surface area contributed by atoms with Crippen LogP contribution in [0.25, 0.3) is 11.3 Å². The van der Waals surface area contributed by atoms with E-state index in [1.807, 2.05) is 30.3 Å². The van der Waals surface area contributed by atoms with Crippen LogP contribution in [0.3, 0.4) is 0 Å². The molecule has 1 aromatic carbocycles. The van der Waals surface area contributed by atoms with Crippen LogP contribution in [0.2, 0.25) is 0 Å². The number of carbonyl (C=O) groups excluding carboxylic acids is 1. The first kappa shape index (κ1) is 18.3. The number of benzene rings is 1. The molecule has 0 saturated carbocycles. The molecule has 4 rings (SSSR count). The first-order chi connectivity index (χ1) is 13.6. The Labute approximate surface area is 163 Å². The van der Waals surface area contributed by atoms with Crippen molar-refractivity contribution in [2.45, 2.75) is 38.6 Å². The number of aromatic nitrogens is 2. The van der Waals surface area contributed by atoms with Gasteiger partial charge in [0.05, 0.1) is 18.8 Å². The highest BCUT2D eigenvalue weighted by molar-refractivity contribution is 5.93. The van der Waals surface area contributed by atoms with Crippen LogP contribution in [-0.2, 0) is 0 Å². The predicted octanol–water partition coefficient (Wildman–Crippen LogP) is 4.44. The summed E-state index contributed by atoms with van der Waals surface area (Å²) in [4.78, 5) is 14.8. The number of carbonyl (C=O) groups is 1. The maximum atomic E-state index is 13.0. The van der Waals surface area contributed by atoms with Gasteiger partial charge in [-0.05, 0) is 43.0 Å². The van der Waals surface area contributed by atoms with Gasteiger partial charge in [0.2, 0.25) is 0 Å². The van der Waals surface area contributed by atoms with Crippen LogP contribution in [-0.4, -0.2) is 34.8 Å². The average molecular weight is 381 g/mol. The van der Waals surface area contributed by atoms with Crippen LogP contribution in [0.1, 0.15) is 60.6 Å². The van der Waals surface area contributed by atoms with Crippen molar-refractivity contribution in [3.8, 4) is 17.1 Å². The van der Waals surface area contributed by atoms with Crippen molar-refractivity contribution in [3.05, 3.63) is 53.5 Å². The van der Waals surface area contributed by atoms with Crippen molar-refractivity contribution in [2.75, 3.05) is 13.7 Å². The van der Waals surface area contributed by atoms with E-state index in [0.29, 0.717) is 18.0 Å². The van der Waals surface area contributed by atoms with Crippen molar-refractivity contribution in [2.24, 2.45) is 0 Å². The molecule has 146 valence electrons. The van der Waals surface area contributed by atoms with Crippen LogP contribution < -0.4 is 4.74 Å². The first-order valence-electron chi connectivity index (χ1n) is 9.45. The van der Waals surface area contributed by atoms with Gasteiger partial charge in [-0.3, -0.25) is 4.79 Å². The van der Waals surface area contributed by atoms with E-state index in [1.54, 1.807) is 18.1 Å². The van der Waals surface area contributed by atoms with Crippen molar-refractivity contribution in [1.82, 2.24) is 15.2 Å². The van der Waals surface area contributed by atoms with Gasteiger partial charge in [0.25, 0.3) is 5.91 Å². The highest BCUT2D eigenvalue weighted by atomic mass is 16.5. The molecule has 3 heterocycles. The fourth-order valence-corrected chi connectivity index (χ4v) is 3.45. The molecule has 2 aromatic heterocycles. The van der Waals surface area contributed by atoms with E-state index in [4.69, 9.17) is 13.8 Å². The summed E-state index contributed by atoms with van der Waals surface area (Å²) in [7, 11) is 1.62.